The van der Waals surface area contributed by atoms with Crippen molar-refractivity contribution in [2.45, 2.75) is 32.7 Å². The van der Waals surface area contributed by atoms with Crippen LogP contribution in [0.15, 0.2) is 24.5 Å². The number of aromatic nitrogens is 4. The third kappa shape index (κ3) is 4.11. The van der Waals surface area contributed by atoms with Crippen molar-refractivity contribution < 1.29 is 9.53 Å². The lowest BCUT2D eigenvalue weighted by molar-refractivity contribution is 0.102. The summed E-state index contributed by atoms with van der Waals surface area (Å²) in [6.07, 6.45) is 3.38. The Hall–Kier alpha value is -2.28. The normalized spacial score (nSPS) is 11.5. The van der Waals surface area contributed by atoms with E-state index in [0.717, 1.165) is 0 Å². The topological polar surface area (TPSA) is 81.9 Å². The van der Waals surface area contributed by atoms with Gasteiger partial charge in [0.25, 0.3) is 5.91 Å². The zero-order chi connectivity index (χ0) is 16.2. The second kappa shape index (κ2) is 6.65. The highest BCUT2D eigenvalue weighted by molar-refractivity contribution is 6.02. The van der Waals surface area contributed by atoms with E-state index in [4.69, 9.17) is 4.74 Å². The maximum Gasteiger partial charge on any atom is 0.277 e. The molecule has 2 rings (SSSR count). The van der Waals surface area contributed by atoms with Crippen LogP contribution in [-0.4, -0.2) is 39.4 Å². The Morgan fingerprint density at radius 2 is 2.14 bits per heavy atom. The molecule has 7 heteroatoms. The molecule has 0 saturated carbocycles. The van der Waals surface area contributed by atoms with Crippen LogP contribution in [0.5, 0.6) is 0 Å². The summed E-state index contributed by atoms with van der Waals surface area (Å²) in [6.45, 7) is 7.21. The molecular weight excluding hydrogens is 282 g/mol. The first-order valence-electron chi connectivity index (χ1n) is 7.07. The van der Waals surface area contributed by atoms with Gasteiger partial charge in [-0.2, -0.15) is 5.10 Å². The molecule has 0 fully saturated rings. The Labute approximate surface area is 129 Å². The summed E-state index contributed by atoms with van der Waals surface area (Å²) < 4.78 is 6.64. The standard InChI is InChI=1S/C15H21N5O2/c1-15(2,3)14-16-7-5-12(18-14)17-13(21)11-6-8-20(19-11)9-10-22-4/h5-8H,9-10H2,1-4H3,(H,16,17,18,21). The van der Waals surface area contributed by atoms with Crippen LogP contribution in [0, 0.1) is 0 Å². The number of ether oxygens (including phenoxy) is 1. The van der Waals surface area contributed by atoms with Gasteiger partial charge in [-0.25, -0.2) is 9.97 Å². The van der Waals surface area contributed by atoms with Crippen LogP contribution in [0.25, 0.3) is 0 Å². The van der Waals surface area contributed by atoms with Crippen molar-refractivity contribution in [1.82, 2.24) is 19.7 Å². The summed E-state index contributed by atoms with van der Waals surface area (Å²) in [6, 6.07) is 3.33. The minimum Gasteiger partial charge on any atom is -0.383 e. The van der Waals surface area contributed by atoms with Crippen LogP contribution in [0.2, 0.25) is 0 Å². The van der Waals surface area contributed by atoms with Crippen molar-refractivity contribution in [3.8, 4) is 0 Å². The minimum absolute atomic E-state index is 0.178. The third-order valence-corrected chi connectivity index (χ3v) is 2.97. The van der Waals surface area contributed by atoms with Gasteiger partial charge in [0.15, 0.2) is 5.69 Å². The second-order valence-electron chi connectivity index (χ2n) is 5.93. The highest BCUT2D eigenvalue weighted by atomic mass is 16.5. The van der Waals surface area contributed by atoms with Crippen molar-refractivity contribution >= 4 is 11.7 Å². The Morgan fingerprint density at radius 1 is 1.36 bits per heavy atom. The molecule has 1 N–H and O–H groups in total. The van der Waals surface area contributed by atoms with Crippen LogP contribution < -0.4 is 5.32 Å². The number of hydrogen-bond donors (Lipinski definition) is 1. The number of amides is 1. The predicted octanol–water partition coefficient (Wildman–Crippen LogP) is 1.87. The number of nitrogens with zero attached hydrogens (tertiary/aromatic N) is 4. The van der Waals surface area contributed by atoms with Crippen molar-refractivity contribution in [2.75, 3.05) is 19.0 Å². The molecule has 7 nitrogen and oxygen atoms in total. The maximum absolute atomic E-state index is 12.2. The number of rotatable bonds is 5. The van der Waals surface area contributed by atoms with Crippen LogP contribution in [0.4, 0.5) is 5.82 Å². The summed E-state index contributed by atoms with van der Waals surface area (Å²) in [5, 5.41) is 6.94. The first-order valence-corrected chi connectivity index (χ1v) is 7.07. The first kappa shape index (κ1) is 16.1. The van der Waals surface area contributed by atoms with E-state index < -0.39 is 0 Å². The zero-order valence-electron chi connectivity index (χ0n) is 13.3. The van der Waals surface area contributed by atoms with E-state index in [0.29, 0.717) is 30.5 Å². The third-order valence-electron chi connectivity index (χ3n) is 2.97. The molecule has 0 saturated heterocycles. The van der Waals surface area contributed by atoms with E-state index in [1.807, 2.05) is 20.8 Å². The Bertz CT molecular complexity index is 645. The Kier molecular flexibility index (Phi) is 4.87. The largest absolute Gasteiger partial charge is 0.383 e. The highest BCUT2D eigenvalue weighted by Crippen LogP contribution is 2.18. The van der Waals surface area contributed by atoms with E-state index >= 15 is 0 Å². The van der Waals surface area contributed by atoms with Crippen molar-refractivity contribution in [3.05, 3.63) is 36.0 Å². The van der Waals surface area contributed by atoms with Crippen molar-refractivity contribution in [2.24, 2.45) is 0 Å². The van der Waals surface area contributed by atoms with Crippen molar-refractivity contribution in [3.63, 3.8) is 0 Å². The van der Waals surface area contributed by atoms with Crippen LogP contribution >= 0.6 is 0 Å². The van der Waals surface area contributed by atoms with Gasteiger partial charge in [-0.1, -0.05) is 20.8 Å². The number of nitrogens with one attached hydrogen (secondary N) is 1. The number of carbonyl (C=O) groups is 1. The van der Waals surface area contributed by atoms with E-state index in [1.165, 1.54) is 0 Å². The summed E-state index contributed by atoms with van der Waals surface area (Å²) in [5.41, 5.74) is 0.162. The predicted molar refractivity (Wildman–Crippen MR) is 82.8 cm³/mol. The van der Waals surface area contributed by atoms with Gasteiger partial charge >= 0.3 is 0 Å². The molecule has 0 aromatic carbocycles. The van der Waals surface area contributed by atoms with E-state index in [2.05, 4.69) is 20.4 Å². The molecule has 0 atom stereocenters. The molecule has 0 aliphatic rings. The van der Waals surface area contributed by atoms with E-state index in [1.54, 1.807) is 36.3 Å². The summed E-state index contributed by atoms with van der Waals surface area (Å²) in [4.78, 5) is 20.8. The zero-order valence-corrected chi connectivity index (χ0v) is 13.3. The summed E-state index contributed by atoms with van der Waals surface area (Å²) >= 11 is 0. The molecular formula is C15H21N5O2. The molecule has 22 heavy (non-hydrogen) atoms. The lowest BCUT2D eigenvalue weighted by atomic mass is 9.96. The lowest BCUT2D eigenvalue weighted by Crippen LogP contribution is -2.19. The SMILES string of the molecule is COCCn1ccc(C(=O)Nc2ccnc(C(C)(C)C)n2)n1. The Morgan fingerprint density at radius 3 is 2.82 bits per heavy atom. The number of anilines is 1. The molecule has 1 amide bonds. The number of methoxy groups -OCH3 is 1. The molecule has 2 aromatic heterocycles. The molecule has 0 bridgehead atoms. The summed E-state index contributed by atoms with van der Waals surface area (Å²) in [5.74, 6) is 0.849. The molecule has 0 spiro atoms. The lowest BCUT2D eigenvalue weighted by Gasteiger charge is -2.16. The van der Waals surface area contributed by atoms with Gasteiger partial charge in [-0.15, -0.1) is 0 Å². The van der Waals surface area contributed by atoms with Gasteiger partial charge in [0.05, 0.1) is 13.2 Å². The fourth-order valence-electron chi connectivity index (χ4n) is 1.76. The molecule has 0 aliphatic carbocycles. The monoisotopic (exact) mass is 303 g/mol. The van der Waals surface area contributed by atoms with Crippen LogP contribution in [-0.2, 0) is 16.7 Å². The first-order chi connectivity index (χ1) is 10.4. The smallest absolute Gasteiger partial charge is 0.277 e. The molecule has 0 radical (unpaired) electrons. The van der Waals surface area contributed by atoms with Gasteiger partial charge in [0.1, 0.15) is 11.6 Å². The summed E-state index contributed by atoms with van der Waals surface area (Å²) in [7, 11) is 1.62. The minimum atomic E-state index is -0.297. The average Bonchev–Trinajstić information content (AvgIpc) is 2.93. The quantitative estimate of drug-likeness (QED) is 0.912. The van der Waals surface area contributed by atoms with E-state index in [9.17, 15) is 4.79 Å². The van der Waals surface area contributed by atoms with E-state index in [-0.39, 0.29) is 11.3 Å². The van der Waals surface area contributed by atoms with Crippen LogP contribution in [0.1, 0.15) is 37.1 Å². The molecule has 2 aromatic rings. The number of hydrogen-bond acceptors (Lipinski definition) is 5. The number of carbonyl (C=O) groups excluding carboxylic acids is 1. The second-order valence-corrected chi connectivity index (χ2v) is 5.93. The van der Waals surface area contributed by atoms with Crippen LogP contribution in [0.3, 0.4) is 0 Å². The Balaban J connectivity index is 2.07. The molecule has 2 heterocycles. The maximum atomic E-state index is 12.2. The van der Waals surface area contributed by atoms with Gasteiger partial charge in [-0.3, -0.25) is 9.48 Å². The van der Waals surface area contributed by atoms with Gasteiger partial charge in [-0.05, 0) is 12.1 Å². The molecule has 0 aliphatic heterocycles. The van der Waals surface area contributed by atoms with Gasteiger partial charge in [0.2, 0.25) is 0 Å². The average molecular weight is 303 g/mol. The fourth-order valence-corrected chi connectivity index (χ4v) is 1.76. The molecule has 118 valence electrons. The fraction of sp³-hybridized carbons (Fsp3) is 0.467. The van der Waals surface area contributed by atoms with Gasteiger partial charge in [0, 0.05) is 24.9 Å². The molecule has 0 unspecified atom stereocenters. The van der Waals surface area contributed by atoms with Gasteiger partial charge < -0.3 is 10.1 Å². The highest BCUT2D eigenvalue weighted by Gasteiger charge is 2.18. The van der Waals surface area contributed by atoms with Crippen molar-refractivity contribution in [1.29, 1.82) is 0 Å².